The zero-order chi connectivity index (χ0) is 37.1. The molecule has 0 spiro atoms. The van der Waals surface area contributed by atoms with Gasteiger partial charge in [-0.3, -0.25) is 14.4 Å². The Morgan fingerprint density at radius 3 is 2.53 bits per heavy atom. The number of alkyl carbamates (subject to hydrolysis) is 1. The Morgan fingerprint density at radius 1 is 1.08 bits per heavy atom. The second kappa shape index (κ2) is 15.5. The van der Waals surface area contributed by atoms with Crippen LogP contribution >= 0.6 is 0 Å². The molecule has 3 aliphatic rings. The number of ketones is 1. The number of hydrogen-bond donors (Lipinski definition) is 1. The summed E-state index contributed by atoms with van der Waals surface area (Å²) in [5.74, 6) is 0.374. The molecule has 1 N–H and O–H groups in total. The molecule has 2 fully saturated rings. The number of amides is 2. The van der Waals surface area contributed by atoms with Crippen LogP contribution in [-0.2, 0) is 23.9 Å². The lowest BCUT2D eigenvalue weighted by atomic mass is 9.91. The van der Waals surface area contributed by atoms with Gasteiger partial charge in [0.05, 0.1) is 43.8 Å². The SMILES string of the molecule is COC(=O)[C@]12CC(=O)[C@@H]3C[C@@H](Oc4cc(OC(C)C)nc5c(C)c(OC)ccc45)CN3C(=O)[C@@H](NC(=O)OC(C)(C)C)CCCCC/C=C\[C@@H]1C2. The van der Waals surface area contributed by atoms with Crippen molar-refractivity contribution in [3.05, 3.63) is 35.9 Å². The highest BCUT2D eigenvalue weighted by Crippen LogP contribution is 2.57. The maximum atomic E-state index is 14.5. The third-order valence-electron chi connectivity index (χ3n) is 9.85. The average molecular weight is 708 g/mol. The number of Topliss-reactive ketones (excluding diaryl/α,β-unsaturated/α-hetero) is 1. The Morgan fingerprint density at radius 2 is 1.84 bits per heavy atom. The van der Waals surface area contributed by atoms with E-state index in [0.29, 0.717) is 42.2 Å². The molecule has 2 amide bonds. The number of hydrogen-bond acceptors (Lipinski definition) is 10. The fraction of sp³-hybridized carbons (Fsp3) is 0.615. The summed E-state index contributed by atoms with van der Waals surface area (Å²) in [5, 5.41) is 3.53. The second-order valence-corrected chi connectivity index (χ2v) is 15.3. The number of nitrogens with one attached hydrogen (secondary N) is 1. The number of allylic oxidation sites excluding steroid dienone is 2. The molecule has 2 aromatic rings. The Balaban J connectivity index is 1.51. The van der Waals surface area contributed by atoms with E-state index in [1.54, 1.807) is 33.9 Å². The first-order chi connectivity index (χ1) is 24.2. The van der Waals surface area contributed by atoms with Gasteiger partial charge >= 0.3 is 12.1 Å². The minimum Gasteiger partial charge on any atom is -0.496 e. The van der Waals surface area contributed by atoms with Crippen LogP contribution in [0.4, 0.5) is 4.79 Å². The predicted molar refractivity (Wildman–Crippen MR) is 191 cm³/mol. The van der Waals surface area contributed by atoms with Crippen molar-refractivity contribution >= 4 is 34.7 Å². The molecule has 1 aromatic heterocycles. The molecule has 3 heterocycles. The predicted octanol–water partition coefficient (Wildman–Crippen LogP) is 6.24. The van der Waals surface area contributed by atoms with E-state index in [2.05, 4.69) is 11.4 Å². The maximum absolute atomic E-state index is 14.5. The van der Waals surface area contributed by atoms with Crippen LogP contribution in [0.25, 0.3) is 10.9 Å². The van der Waals surface area contributed by atoms with E-state index in [4.69, 9.17) is 28.7 Å². The highest BCUT2D eigenvalue weighted by atomic mass is 16.6. The zero-order valence-corrected chi connectivity index (χ0v) is 31.2. The van der Waals surface area contributed by atoms with Crippen LogP contribution in [0.1, 0.15) is 91.5 Å². The number of rotatable bonds is 7. The summed E-state index contributed by atoms with van der Waals surface area (Å²) in [6.45, 7) is 11.1. The molecule has 5 atom stereocenters. The van der Waals surface area contributed by atoms with Gasteiger partial charge in [0, 0.05) is 29.9 Å². The van der Waals surface area contributed by atoms with E-state index in [0.717, 1.165) is 30.2 Å². The minimum atomic E-state index is -0.967. The minimum absolute atomic E-state index is 0.0659. The highest BCUT2D eigenvalue weighted by Gasteiger charge is 2.61. The number of methoxy groups -OCH3 is 2. The summed E-state index contributed by atoms with van der Waals surface area (Å²) < 4.78 is 28.9. The van der Waals surface area contributed by atoms with E-state index in [1.807, 2.05) is 39.0 Å². The van der Waals surface area contributed by atoms with Crippen molar-refractivity contribution in [2.75, 3.05) is 20.8 Å². The van der Waals surface area contributed by atoms with Crippen LogP contribution in [0.15, 0.2) is 30.4 Å². The molecule has 1 saturated heterocycles. The summed E-state index contributed by atoms with van der Waals surface area (Å²) >= 11 is 0. The van der Waals surface area contributed by atoms with Gasteiger partial charge in [0.2, 0.25) is 11.8 Å². The van der Waals surface area contributed by atoms with Gasteiger partial charge in [-0.2, -0.15) is 0 Å². The standard InChI is InChI=1S/C39H53N3O9/c1-23(2)49-33-19-32(27-16-17-31(47-7)24(3)34(27)41-33)50-26-18-29-30(43)21-39(36(45)48-8)20-25(39)14-12-10-9-11-13-15-28(35(44)42(29)22-26)40-37(46)51-38(4,5)6/h12,14,16-17,19,23,25-26,28-29H,9-11,13,15,18,20-22H2,1-8H3,(H,40,46)/b14-12-/t25-,26-,28+,29+,39-/m1/s1. The van der Waals surface area contributed by atoms with Gasteiger partial charge in [-0.1, -0.05) is 25.0 Å². The summed E-state index contributed by atoms with van der Waals surface area (Å²) in [7, 11) is 2.94. The van der Waals surface area contributed by atoms with Gasteiger partial charge < -0.3 is 33.9 Å². The number of aromatic nitrogens is 1. The van der Waals surface area contributed by atoms with Crippen LogP contribution < -0.4 is 19.5 Å². The van der Waals surface area contributed by atoms with E-state index in [1.165, 1.54) is 12.0 Å². The molecule has 0 radical (unpaired) electrons. The number of pyridine rings is 1. The van der Waals surface area contributed by atoms with Gasteiger partial charge in [0.25, 0.3) is 0 Å². The number of carbonyl (C=O) groups excluding carboxylic acids is 4. The smallest absolute Gasteiger partial charge is 0.408 e. The fourth-order valence-electron chi connectivity index (χ4n) is 7.27. The van der Waals surface area contributed by atoms with E-state index < -0.39 is 41.3 Å². The molecule has 5 rings (SSSR count). The van der Waals surface area contributed by atoms with Crippen molar-refractivity contribution in [3.63, 3.8) is 0 Å². The molecule has 12 heteroatoms. The molecule has 12 nitrogen and oxygen atoms in total. The first-order valence-corrected chi connectivity index (χ1v) is 18.0. The molecule has 0 unspecified atom stereocenters. The Bertz CT molecular complexity index is 1670. The third kappa shape index (κ3) is 8.76. The topological polar surface area (TPSA) is 143 Å². The molecule has 2 aliphatic heterocycles. The summed E-state index contributed by atoms with van der Waals surface area (Å²) in [4.78, 5) is 61.2. The number of benzene rings is 1. The summed E-state index contributed by atoms with van der Waals surface area (Å²) in [6.07, 6.45) is 6.91. The van der Waals surface area contributed by atoms with Crippen LogP contribution in [0.2, 0.25) is 0 Å². The van der Waals surface area contributed by atoms with Crippen LogP contribution in [0.3, 0.4) is 0 Å². The number of fused-ring (bicyclic) bond motifs is 3. The summed E-state index contributed by atoms with van der Waals surface area (Å²) in [5.41, 5.74) is -0.264. The van der Waals surface area contributed by atoms with Crippen LogP contribution in [-0.4, -0.2) is 84.3 Å². The van der Waals surface area contributed by atoms with Crippen molar-refractivity contribution in [2.45, 2.75) is 123 Å². The molecule has 51 heavy (non-hydrogen) atoms. The average Bonchev–Trinajstić information content (AvgIpc) is 3.58. The number of esters is 1. The lowest BCUT2D eigenvalue weighted by Gasteiger charge is -2.30. The monoisotopic (exact) mass is 707 g/mol. The van der Waals surface area contributed by atoms with Crippen molar-refractivity contribution in [1.82, 2.24) is 15.2 Å². The Kier molecular flexibility index (Phi) is 11.5. The first kappa shape index (κ1) is 37.9. The van der Waals surface area contributed by atoms with Gasteiger partial charge in [-0.25, -0.2) is 9.78 Å². The second-order valence-electron chi connectivity index (χ2n) is 15.3. The van der Waals surface area contributed by atoms with Crippen LogP contribution in [0.5, 0.6) is 17.4 Å². The number of carbonyl (C=O) groups is 4. The summed E-state index contributed by atoms with van der Waals surface area (Å²) in [6, 6.07) is 3.65. The molecule has 1 aliphatic carbocycles. The highest BCUT2D eigenvalue weighted by molar-refractivity contribution is 5.96. The quantitative estimate of drug-likeness (QED) is 0.260. The molecule has 1 saturated carbocycles. The van der Waals surface area contributed by atoms with Gasteiger partial charge in [-0.05, 0) is 85.3 Å². The zero-order valence-electron chi connectivity index (χ0n) is 31.2. The van der Waals surface area contributed by atoms with Crippen molar-refractivity contribution in [3.8, 4) is 17.4 Å². The fourth-order valence-corrected chi connectivity index (χ4v) is 7.27. The third-order valence-corrected chi connectivity index (χ3v) is 9.85. The normalized spacial score (nSPS) is 26.3. The molecule has 278 valence electrons. The number of aryl methyl sites for hydroxylation is 1. The lowest BCUT2D eigenvalue weighted by molar-refractivity contribution is -0.150. The van der Waals surface area contributed by atoms with Gasteiger partial charge in [0.15, 0.2) is 5.78 Å². The molecular formula is C39H53N3O9. The first-order valence-electron chi connectivity index (χ1n) is 18.0. The van der Waals surface area contributed by atoms with Crippen LogP contribution in [0, 0.1) is 18.3 Å². The largest absolute Gasteiger partial charge is 0.496 e. The van der Waals surface area contributed by atoms with Crippen molar-refractivity contribution in [1.29, 1.82) is 0 Å². The van der Waals surface area contributed by atoms with Crippen molar-refractivity contribution < 1.29 is 42.9 Å². The molecule has 0 bridgehead atoms. The van der Waals surface area contributed by atoms with Gasteiger partial charge in [0.1, 0.15) is 29.2 Å². The lowest BCUT2D eigenvalue weighted by Crippen LogP contribution is -2.52. The number of ether oxygens (including phenoxy) is 5. The van der Waals surface area contributed by atoms with E-state index in [-0.39, 0.29) is 43.1 Å². The number of nitrogens with zero attached hydrogens (tertiary/aromatic N) is 2. The Labute approximate surface area is 300 Å². The molecular weight excluding hydrogens is 654 g/mol. The maximum Gasteiger partial charge on any atom is 0.408 e. The van der Waals surface area contributed by atoms with Crippen molar-refractivity contribution in [2.24, 2.45) is 11.3 Å². The molecule has 1 aromatic carbocycles. The van der Waals surface area contributed by atoms with E-state index in [9.17, 15) is 19.2 Å². The van der Waals surface area contributed by atoms with Gasteiger partial charge in [-0.15, -0.1) is 0 Å². The van der Waals surface area contributed by atoms with E-state index >= 15 is 0 Å². The Hall–Kier alpha value is -4.35.